The number of hydrazone groups is 1. The normalized spacial score (nSPS) is 11.1. The van der Waals surface area contributed by atoms with Gasteiger partial charge < -0.3 is 21.6 Å². The average Bonchev–Trinajstić information content (AvgIpc) is 2.36. The van der Waals surface area contributed by atoms with Crippen molar-refractivity contribution >= 4 is 40.1 Å². The smallest absolute Gasteiger partial charge is 0.234 e. The SMILES string of the molecule is COc1ccc(NC(=O)CSC(N)=NN)cc1Cl. The molecule has 1 aromatic rings. The Morgan fingerprint density at radius 2 is 2.33 bits per heavy atom. The van der Waals surface area contributed by atoms with Crippen LogP contribution in [0.5, 0.6) is 5.75 Å². The first kappa shape index (κ1) is 14.5. The number of halogens is 1. The number of hydrogen-bond acceptors (Lipinski definition) is 5. The number of amidine groups is 1. The molecule has 0 saturated carbocycles. The van der Waals surface area contributed by atoms with Crippen molar-refractivity contribution in [1.29, 1.82) is 0 Å². The van der Waals surface area contributed by atoms with E-state index in [0.29, 0.717) is 16.5 Å². The first-order valence-electron chi connectivity index (χ1n) is 4.86. The van der Waals surface area contributed by atoms with E-state index >= 15 is 0 Å². The minimum absolute atomic E-state index is 0.121. The second-order valence-electron chi connectivity index (χ2n) is 3.15. The van der Waals surface area contributed by atoms with Crippen LogP contribution in [0, 0.1) is 0 Å². The highest BCUT2D eigenvalue weighted by Gasteiger charge is 2.06. The van der Waals surface area contributed by atoms with Crippen molar-refractivity contribution in [1.82, 2.24) is 0 Å². The number of carbonyl (C=O) groups excluding carboxylic acids is 1. The molecule has 6 nitrogen and oxygen atoms in total. The fraction of sp³-hybridized carbons (Fsp3) is 0.200. The van der Waals surface area contributed by atoms with Gasteiger partial charge in [0.05, 0.1) is 17.9 Å². The Labute approximate surface area is 114 Å². The van der Waals surface area contributed by atoms with E-state index in [1.165, 1.54) is 7.11 Å². The fourth-order valence-corrected chi connectivity index (χ4v) is 1.80. The van der Waals surface area contributed by atoms with Crippen LogP contribution in [0.1, 0.15) is 0 Å². The number of ether oxygens (including phenoxy) is 1. The molecule has 0 spiro atoms. The Morgan fingerprint density at radius 3 is 2.89 bits per heavy atom. The standard InChI is InChI=1S/C10H13ClN4O2S/c1-17-8-3-2-6(4-7(8)11)14-9(16)5-18-10(12)15-13/h2-4H,5,13H2,1H3,(H2,12,15)(H,14,16). The zero-order valence-corrected chi connectivity index (χ0v) is 11.2. The molecule has 0 heterocycles. The fourth-order valence-electron chi connectivity index (χ4n) is 1.12. The van der Waals surface area contributed by atoms with Crippen LogP contribution in [0.2, 0.25) is 5.02 Å². The van der Waals surface area contributed by atoms with Gasteiger partial charge in [-0.3, -0.25) is 4.79 Å². The van der Waals surface area contributed by atoms with Crippen LogP contribution in [0.25, 0.3) is 0 Å². The van der Waals surface area contributed by atoms with Crippen LogP contribution in [0.15, 0.2) is 23.3 Å². The number of nitrogens with two attached hydrogens (primary N) is 2. The third-order valence-corrected chi connectivity index (χ3v) is 3.02. The summed E-state index contributed by atoms with van der Waals surface area (Å²) >= 11 is 6.97. The molecule has 0 saturated heterocycles. The van der Waals surface area contributed by atoms with Gasteiger partial charge in [0.1, 0.15) is 5.75 Å². The van der Waals surface area contributed by atoms with Crippen LogP contribution in [0.3, 0.4) is 0 Å². The van der Waals surface area contributed by atoms with Gasteiger partial charge >= 0.3 is 0 Å². The van der Waals surface area contributed by atoms with Gasteiger partial charge in [0.25, 0.3) is 0 Å². The van der Waals surface area contributed by atoms with Gasteiger partial charge in [-0.15, -0.1) is 0 Å². The van der Waals surface area contributed by atoms with E-state index in [1.807, 2.05) is 0 Å². The second-order valence-corrected chi connectivity index (χ2v) is 4.56. The summed E-state index contributed by atoms with van der Waals surface area (Å²) in [6.45, 7) is 0. The van der Waals surface area contributed by atoms with Crippen LogP contribution in [0.4, 0.5) is 5.69 Å². The van der Waals surface area contributed by atoms with E-state index < -0.39 is 0 Å². The van der Waals surface area contributed by atoms with Crippen LogP contribution in [-0.2, 0) is 4.79 Å². The van der Waals surface area contributed by atoms with Gasteiger partial charge in [-0.2, -0.15) is 5.10 Å². The number of benzene rings is 1. The van der Waals surface area contributed by atoms with Crippen molar-refractivity contribution in [3.05, 3.63) is 23.2 Å². The largest absolute Gasteiger partial charge is 0.495 e. The summed E-state index contributed by atoms with van der Waals surface area (Å²) in [5.41, 5.74) is 5.93. The number of methoxy groups -OCH3 is 1. The molecular weight excluding hydrogens is 276 g/mol. The van der Waals surface area contributed by atoms with Crippen molar-refractivity contribution in [2.45, 2.75) is 0 Å². The molecule has 0 fully saturated rings. The van der Waals surface area contributed by atoms with Crippen molar-refractivity contribution in [2.75, 3.05) is 18.2 Å². The molecular formula is C10H13ClN4O2S. The first-order chi connectivity index (χ1) is 8.56. The lowest BCUT2D eigenvalue weighted by atomic mass is 10.3. The van der Waals surface area contributed by atoms with Crippen LogP contribution >= 0.6 is 23.4 Å². The van der Waals surface area contributed by atoms with Gasteiger partial charge in [0.15, 0.2) is 5.17 Å². The zero-order valence-electron chi connectivity index (χ0n) is 9.64. The Balaban J connectivity index is 2.57. The molecule has 0 unspecified atom stereocenters. The van der Waals surface area contributed by atoms with Crippen molar-refractivity contribution in [3.63, 3.8) is 0 Å². The molecule has 1 amide bonds. The molecule has 0 aliphatic rings. The maximum absolute atomic E-state index is 11.5. The van der Waals surface area contributed by atoms with Crippen molar-refractivity contribution < 1.29 is 9.53 Å². The molecule has 98 valence electrons. The monoisotopic (exact) mass is 288 g/mol. The Hall–Kier alpha value is -1.60. The van der Waals surface area contributed by atoms with Gasteiger partial charge in [0.2, 0.25) is 5.91 Å². The van der Waals surface area contributed by atoms with Gasteiger partial charge in [-0.25, -0.2) is 0 Å². The summed E-state index contributed by atoms with van der Waals surface area (Å²) in [4.78, 5) is 11.5. The van der Waals surface area contributed by atoms with E-state index in [9.17, 15) is 4.79 Å². The number of hydrogen-bond donors (Lipinski definition) is 3. The molecule has 5 N–H and O–H groups in total. The molecule has 0 aromatic heterocycles. The summed E-state index contributed by atoms with van der Waals surface area (Å²) in [6.07, 6.45) is 0. The highest BCUT2D eigenvalue weighted by atomic mass is 35.5. The molecule has 0 radical (unpaired) electrons. The van der Waals surface area contributed by atoms with Gasteiger partial charge in [-0.05, 0) is 18.2 Å². The topological polar surface area (TPSA) is 103 Å². The van der Waals surface area contributed by atoms with Crippen molar-refractivity contribution in [2.24, 2.45) is 16.7 Å². The lowest BCUT2D eigenvalue weighted by Crippen LogP contribution is -2.18. The third-order valence-electron chi connectivity index (χ3n) is 1.91. The summed E-state index contributed by atoms with van der Waals surface area (Å²) in [5.74, 6) is 5.38. The van der Waals surface area contributed by atoms with E-state index in [0.717, 1.165) is 11.8 Å². The number of carbonyl (C=O) groups is 1. The minimum atomic E-state index is -0.229. The Morgan fingerprint density at radius 1 is 1.61 bits per heavy atom. The molecule has 0 atom stereocenters. The highest BCUT2D eigenvalue weighted by molar-refractivity contribution is 8.14. The van der Waals surface area contributed by atoms with E-state index in [-0.39, 0.29) is 16.8 Å². The summed E-state index contributed by atoms with van der Waals surface area (Å²) in [7, 11) is 1.52. The van der Waals surface area contributed by atoms with Crippen molar-refractivity contribution in [3.8, 4) is 5.75 Å². The van der Waals surface area contributed by atoms with E-state index in [2.05, 4.69) is 10.4 Å². The lowest BCUT2D eigenvalue weighted by molar-refractivity contribution is -0.113. The number of thioether (sulfide) groups is 1. The summed E-state index contributed by atoms with van der Waals surface area (Å²) in [6, 6.07) is 4.96. The van der Waals surface area contributed by atoms with Gasteiger partial charge in [-0.1, -0.05) is 23.4 Å². The molecule has 0 aliphatic heterocycles. The quantitative estimate of drug-likeness (QED) is 0.334. The average molecular weight is 289 g/mol. The van der Waals surface area contributed by atoms with E-state index in [1.54, 1.807) is 18.2 Å². The number of rotatable bonds is 4. The van der Waals surface area contributed by atoms with Crippen LogP contribution in [-0.4, -0.2) is 23.9 Å². The zero-order chi connectivity index (χ0) is 13.5. The maximum atomic E-state index is 11.5. The molecule has 8 heteroatoms. The predicted octanol–water partition coefficient (Wildman–Crippen LogP) is 1.21. The minimum Gasteiger partial charge on any atom is -0.495 e. The summed E-state index contributed by atoms with van der Waals surface area (Å²) in [5, 5.41) is 6.48. The molecule has 1 rings (SSSR count). The third kappa shape index (κ3) is 4.34. The maximum Gasteiger partial charge on any atom is 0.234 e. The molecule has 18 heavy (non-hydrogen) atoms. The molecule has 0 aliphatic carbocycles. The second kappa shape index (κ2) is 6.97. The van der Waals surface area contributed by atoms with Gasteiger partial charge in [0, 0.05) is 5.69 Å². The highest BCUT2D eigenvalue weighted by Crippen LogP contribution is 2.27. The first-order valence-corrected chi connectivity index (χ1v) is 6.22. The molecule has 1 aromatic carbocycles. The Bertz CT molecular complexity index is 467. The summed E-state index contributed by atoms with van der Waals surface area (Å²) < 4.78 is 5.00. The number of nitrogens with one attached hydrogen (secondary N) is 1. The molecule has 0 bridgehead atoms. The number of nitrogens with zero attached hydrogens (tertiary/aromatic N) is 1. The number of amides is 1. The Kier molecular flexibility index (Phi) is 5.60. The van der Waals surface area contributed by atoms with Crippen LogP contribution < -0.4 is 21.6 Å². The number of anilines is 1. The predicted molar refractivity (Wildman–Crippen MR) is 74.9 cm³/mol. The lowest BCUT2D eigenvalue weighted by Gasteiger charge is -2.07. The van der Waals surface area contributed by atoms with E-state index in [4.69, 9.17) is 27.9 Å².